The molecule has 2 aliphatic carbocycles. The summed E-state index contributed by atoms with van der Waals surface area (Å²) in [5.74, 6) is 1.95. The maximum Gasteiger partial charge on any atom is 0.0110 e. The molecule has 0 radical (unpaired) electrons. The monoisotopic (exact) mass is 278 g/mol. The van der Waals surface area contributed by atoms with E-state index in [0.29, 0.717) is 0 Å². The van der Waals surface area contributed by atoms with Crippen molar-refractivity contribution in [1.29, 1.82) is 0 Å². The zero-order valence-corrected chi connectivity index (χ0v) is 13.2. The van der Waals surface area contributed by atoms with Gasteiger partial charge in [0, 0.05) is 12.1 Å². The smallest absolute Gasteiger partial charge is 0.0110 e. The minimum Gasteiger partial charge on any atom is -0.314 e. The van der Waals surface area contributed by atoms with Crippen LogP contribution in [0.25, 0.3) is 0 Å². The topological polar surface area (TPSA) is 24.1 Å². The zero-order chi connectivity index (χ0) is 13.6. The molecular formula is C18H34N2. The van der Waals surface area contributed by atoms with Crippen molar-refractivity contribution in [3.8, 4) is 0 Å². The summed E-state index contributed by atoms with van der Waals surface area (Å²) in [6, 6.07) is 1.62. The first-order valence-electron chi connectivity index (χ1n) is 9.40. The lowest BCUT2D eigenvalue weighted by Crippen LogP contribution is -2.50. The SMILES string of the molecule is C1CCC(C2CCCCC2NCCC2CCCC2)NC1. The Bertz CT molecular complexity index is 267. The average molecular weight is 278 g/mol. The molecule has 1 heterocycles. The fourth-order valence-corrected chi connectivity index (χ4v) is 4.91. The third-order valence-electron chi connectivity index (χ3n) is 6.12. The zero-order valence-electron chi connectivity index (χ0n) is 13.2. The lowest BCUT2D eigenvalue weighted by Gasteiger charge is -2.40. The Morgan fingerprint density at radius 2 is 1.55 bits per heavy atom. The second kappa shape index (κ2) is 7.79. The summed E-state index contributed by atoms with van der Waals surface area (Å²) in [5.41, 5.74) is 0. The number of piperidine rings is 1. The molecule has 3 rings (SSSR count). The second-order valence-electron chi connectivity index (χ2n) is 7.50. The Balaban J connectivity index is 1.44. The van der Waals surface area contributed by atoms with Crippen molar-refractivity contribution in [3.05, 3.63) is 0 Å². The van der Waals surface area contributed by atoms with E-state index in [0.717, 1.165) is 23.9 Å². The van der Waals surface area contributed by atoms with Gasteiger partial charge >= 0.3 is 0 Å². The molecule has 3 atom stereocenters. The van der Waals surface area contributed by atoms with E-state index in [9.17, 15) is 0 Å². The van der Waals surface area contributed by atoms with Crippen LogP contribution in [0.4, 0.5) is 0 Å². The van der Waals surface area contributed by atoms with E-state index in [1.54, 1.807) is 0 Å². The van der Waals surface area contributed by atoms with E-state index in [-0.39, 0.29) is 0 Å². The molecular weight excluding hydrogens is 244 g/mol. The normalized spacial score (nSPS) is 36.3. The maximum absolute atomic E-state index is 3.96. The van der Waals surface area contributed by atoms with Gasteiger partial charge in [0.15, 0.2) is 0 Å². The van der Waals surface area contributed by atoms with Crippen LogP contribution in [0, 0.1) is 11.8 Å². The molecule has 3 aliphatic rings. The molecule has 1 aliphatic heterocycles. The summed E-state index contributed by atoms with van der Waals surface area (Å²) in [7, 11) is 0. The van der Waals surface area contributed by atoms with Crippen LogP contribution < -0.4 is 10.6 Å². The van der Waals surface area contributed by atoms with Crippen molar-refractivity contribution in [2.24, 2.45) is 11.8 Å². The minimum absolute atomic E-state index is 0.806. The second-order valence-corrected chi connectivity index (χ2v) is 7.50. The van der Waals surface area contributed by atoms with Gasteiger partial charge in [0.2, 0.25) is 0 Å². The lowest BCUT2D eigenvalue weighted by atomic mass is 9.77. The van der Waals surface area contributed by atoms with Crippen molar-refractivity contribution in [2.45, 2.75) is 89.1 Å². The molecule has 0 aromatic rings. The van der Waals surface area contributed by atoms with Crippen LogP contribution >= 0.6 is 0 Å². The van der Waals surface area contributed by atoms with Gasteiger partial charge < -0.3 is 10.6 Å². The molecule has 2 heteroatoms. The van der Waals surface area contributed by atoms with E-state index in [1.165, 1.54) is 90.1 Å². The molecule has 116 valence electrons. The van der Waals surface area contributed by atoms with Crippen molar-refractivity contribution in [3.63, 3.8) is 0 Å². The van der Waals surface area contributed by atoms with Crippen molar-refractivity contribution < 1.29 is 0 Å². The summed E-state index contributed by atoms with van der Waals surface area (Å²) in [6.45, 7) is 2.54. The molecule has 20 heavy (non-hydrogen) atoms. The number of hydrogen-bond donors (Lipinski definition) is 2. The first kappa shape index (κ1) is 14.8. The predicted molar refractivity (Wildman–Crippen MR) is 86.0 cm³/mol. The van der Waals surface area contributed by atoms with E-state index in [1.807, 2.05) is 0 Å². The molecule has 1 saturated heterocycles. The maximum atomic E-state index is 3.96. The van der Waals surface area contributed by atoms with Gasteiger partial charge in [-0.25, -0.2) is 0 Å². The highest BCUT2D eigenvalue weighted by Crippen LogP contribution is 2.31. The summed E-state index contributed by atoms with van der Waals surface area (Å²) in [6.07, 6.45) is 17.5. The van der Waals surface area contributed by atoms with E-state index in [4.69, 9.17) is 0 Å². The van der Waals surface area contributed by atoms with Crippen LogP contribution in [-0.2, 0) is 0 Å². The standard InChI is InChI=1S/C18H34N2/c1-2-8-15(7-1)12-14-20-18-10-4-3-9-16(18)17-11-5-6-13-19-17/h15-20H,1-14H2. The molecule has 0 bridgehead atoms. The van der Waals surface area contributed by atoms with Crippen LogP contribution in [0.2, 0.25) is 0 Å². The molecule has 2 nitrogen and oxygen atoms in total. The fraction of sp³-hybridized carbons (Fsp3) is 1.00. The summed E-state index contributed by atoms with van der Waals surface area (Å²) in [5, 5.41) is 7.77. The molecule has 0 aromatic heterocycles. The van der Waals surface area contributed by atoms with Crippen molar-refractivity contribution >= 4 is 0 Å². The largest absolute Gasteiger partial charge is 0.314 e. The highest BCUT2D eigenvalue weighted by Gasteiger charge is 2.32. The fourth-order valence-electron chi connectivity index (χ4n) is 4.91. The van der Waals surface area contributed by atoms with E-state index in [2.05, 4.69) is 10.6 Å². The van der Waals surface area contributed by atoms with E-state index >= 15 is 0 Å². The molecule has 0 amide bonds. The third-order valence-corrected chi connectivity index (χ3v) is 6.12. The van der Waals surface area contributed by atoms with Gasteiger partial charge in [0.25, 0.3) is 0 Å². The molecule has 0 aromatic carbocycles. The van der Waals surface area contributed by atoms with Gasteiger partial charge in [-0.3, -0.25) is 0 Å². The van der Waals surface area contributed by atoms with Gasteiger partial charge in [-0.1, -0.05) is 44.9 Å². The predicted octanol–water partition coefficient (Wildman–Crippen LogP) is 3.86. The van der Waals surface area contributed by atoms with Crippen molar-refractivity contribution in [2.75, 3.05) is 13.1 Å². The minimum atomic E-state index is 0.806. The summed E-state index contributed by atoms with van der Waals surface area (Å²) in [4.78, 5) is 0. The first-order valence-corrected chi connectivity index (χ1v) is 9.40. The van der Waals surface area contributed by atoms with E-state index < -0.39 is 0 Å². The Morgan fingerprint density at radius 3 is 2.35 bits per heavy atom. The van der Waals surface area contributed by atoms with Crippen LogP contribution in [0.5, 0.6) is 0 Å². The van der Waals surface area contributed by atoms with Gasteiger partial charge in [-0.05, 0) is 57.0 Å². The van der Waals surface area contributed by atoms with Gasteiger partial charge in [-0.15, -0.1) is 0 Å². The van der Waals surface area contributed by atoms with Crippen LogP contribution in [0.1, 0.15) is 77.0 Å². The molecule has 0 spiro atoms. The van der Waals surface area contributed by atoms with Crippen LogP contribution in [0.15, 0.2) is 0 Å². The molecule has 2 saturated carbocycles. The summed E-state index contributed by atoms with van der Waals surface area (Å²) < 4.78 is 0. The quantitative estimate of drug-likeness (QED) is 0.798. The van der Waals surface area contributed by atoms with Crippen molar-refractivity contribution in [1.82, 2.24) is 10.6 Å². The average Bonchev–Trinajstić information content (AvgIpc) is 3.02. The molecule has 3 fully saturated rings. The number of rotatable bonds is 5. The first-order chi connectivity index (χ1) is 9.93. The molecule has 2 N–H and O–H groups in total. The van der Waals surface area contributed by atoms with Gasteiger partial charge in [-0.2, -0.15) is 0 Å². The Hall–Kier alpha value is -0.0800. The Kier molecular flexibility index (Phi) is 5.78. The Morgan fingerprint density at radius 1 is 0.800 bits per heavy atom. The summed E-state index contributed by atoms with van der Waals surface area (Å²) >= 11 is 0. The molecule has 3 unspecified atom stereocenters. The Labute approximate surface area is 125 Å². The highest BCUT2D eigenvalue weighted by atomic mass is 15.0. The number of nitrogens with one attached hydrogen (secondary N) is 2. The van der Waals surface area contributed by atoms with Crippen LogP contribution in [-0.4, -0.2) is 25.2 Å². The highest BCUT2D eigenvalue weighted by molar-refractivity contribution is 4.90. The van der Waals surface area contributed by atoms with Gasteiger partial charge in [0.05, 0.1) is 0 Å². The van der Waals surface area contributed by atoms with Gasteiger partial charge in [0.1, 0.15) is 0 Å². The number of hydrogen-bond acceptors (Lipinski definition) is 2. The third kappa shape index (κ3) is 3.98. The van der Waals surface area contributed by atoms with Crippen LogP contribution in [0.3, 0.4) is 0 Å². The lowest BCUT2D eigenvalue weighted by molar-refractivity contribution is 0.180.